The first-order valence-electron chi connectivity index (χ1n) is 8.30. The van der Waals surface area contributed by atoms with Crippen molar-refractivity contribution in [2.75, 3.05) is 12.3 Å². The number of amides is 1. The van der Waals surface area contributed by atoms with Crippen LogP contribution >= 0.6 is 0 Å². The summed E-state index contributed by atoms with van der Waals surface area (Å²) < 4.78 is 4.96. The molecule has 8 heteroatoms. The van der Waals surface area contributed by atoms with Gasteiger partial charge < -0.3 is 15.8 Å². The van der Waals surface area contributed by atoms with Gasteiger partial charge >= 0.3 is 5.97 Å². The molecule has 0 heterocycles. The summed E-state index contributed by atoms with van der Waals surface area (Å²) in [6, 6.07) is 3.57. The third-order valence-electron chi connectivity index (χ3n) is 4.86. The second-order valence-corrected chi connectivity index (χ2v) is 6.55. The molecule has 1 amide bonds. The highest BCUT2D eigenvalue weighted by molar-refractivity contribution is 5.97. The van der Waals surface area contributed by atoms with Crippen molar-refractivity contribution in [2.24, 2.45) is 11.8 Å². The van der Waals surface area contributed by atoms with E-state index in [1.807, 2.05) is 0 Å². The van der Waals surface area contributed by atoms with Gasteiger partial charge in [0.05, 0.1) is 10.5 Å². The number of hydrogen-bond donors (Lipinski definition) is 2. The molecule has 8 nitrogen and oxygen atoms in total. The zero-order valence-corrected chi connectivity index (χ0v) is 14.4. The summed E-state index contributed by atoms with van der Waals surface area (Å²) in [5, 5.41) is 13.7. The second kappa shape index (κ2) is 7.96. The smallest absolute Gasteiger partial charge is 0.341 e. The van der Waals surface area contributed by atoms with Crippen molar-refractivity contribution in [3.8, 4) is 0 Å². The van der Waals surface area contributed by atoms with Gasteiger partial charge in [0.15, 0.2) is 6.61 Å². The van der Waals surface area contributed by atoms with Gasteiger partial charge in [-0.3, -0.25) is 14.9 Å². The maximum Gasteiger partial charge on any atom is 0.341 e. The lowest BCUT2D eigenvalue weighted by Crippen LogP contribution is -2.45. The SMILES string of the molecule is C[C@H]1[C@@H](NC(=O)COC(=O)c2cc([N+](=O)[O-])ccc2N)CCC[C@@H]1C. The quantitative estimate of drug-likeness (QED) is 0.364. The zero-order valence-electron chi connectivity index (χ0n) is 14.4. The second-order valence-electron chi connectivity index (χ2n) is 6.55. The van der Waals surface area contributed by atoms with Crippen LogP contribution in [0.15, 0.2) is 18.2 Å². The third kappa shape index (κ3) is 4.68. The molecular weight excluding hydrogens is 326 g/mol. The number of nitrogens with two attached hydrogens (primary N) is 1. The minimum atomic E-state index is -0.860. The molecule has 136 valence electrons. The Balaban J connectivity index is 1.92. The van der Waals surface area contributed by atoms with Crippen LogP contribution in [0.1, 0.15) is 43.5 Å². The van der Waals surface area contributed by atoms with E-state index in [4.69, 9.17) is 10.5 Å². The Bertz CT molecular complexity index is 676. The number of carbonyl (C=O) groups excluding carboxylic acids is 2. The van der Waals surface area contributed by atoms with Crippen LogP contribution in [0.2, 0.25) is 0 Å². The number of carbonyl (C=O) groups is 2. The largest absolute Gasteiger partial charge is 0.452 e. The number of ether oxygens (including phenoxy) is 1. The van der Waals surface area contributed by atoms with Gasteiger partial charge in [-0.1, -0.05) is 26.7 Å². The van der Waals surface area contributed by atoms with Gasteiger partial charge in [-0.25, -0.2) is 4.79 Å². The van der Waals surface area contributed by atoms with Gasteiger partial charge in [0.25, 0.3) is 11.6 Å². The number of nitro benzene ring substituents is 1. The monoisotopic (exact) mass is 349 g/mol. The minimum absolute atomic E-state index is 0.0609. The van der Waals surface area contributed by atoms with Crippen LogP contribution in [0.25, 0.3) is 0 Å². The number of anilines is 1. The van der Waals surface area contributed by atoms with Gasteiger partial charge in [0.2, 0.25) is 0 Å². The van der Waals surface area contributed by atoms with Gasteiger partial charge in [-0.05, 0) is 24.3 Å². The number of nitro groups is 1. The van der Waals surface area contributed by atoms with E-state index in [9.17, 15) is 19.7 Å². The Morgan fingerprint density at radius 3 is 2.76 bits per heavy atom. The van der Waals surface area contributed by atoms with Crippen molar-refractivity contribution < 1.29 is 19.2 Å². The molecule has 1 aliphatic rings. The Hall–Kier alpha value is -2.64. The van der Waals surface area contributed by atoms with Crippen LogP contribution < -0.4 is 11.1 Å². The van der Waals surface area contributed by atoms with Crippen LogP contribution in [0.3, 0.4) is 0 Å². The number of nitrogens with zero attached hydrogens (tertiary/aromatic N) is 1. The van der Waals surface area contributed by atoms with E-state index in [1.165, 1.54) is 12.1 Å². The van der Waals surface area contributed by atoms with Gasteiger partial charge in [-0.2, -0.15) is 0 Å². The average Bonchev–Trinajstić information content (AvgIpc) is 2.57. The average molecular weight is 349 g/mol. The summed E-state index contributed by atoms with van der Waals surface area (Å²) in [4.78, 5) is 34.2. The number of esters is 1. The minimum Gasteiger partial charge on any atom is -0.452 e. The molecular formula is C17H23N3O5. The standard InChI is InChI=1S/C17H23N3O5/c1-10-4-3-5-15(11(10)2)19-16(21)9-25-17(22)13-8-12(20(23)24)6-7-14(13)18/h6-8,10-11,15H,3-5,9,18H2,1-2H3,(H,19,21)/t10-,11+,15-/m0/s1. The first-order chi connectivity index (χ1) is 11.8. The molecule has 0 saturated heterocycles. The number of nitrogen functional groups attached to an aromatic ring is 1. The number of rotatable bonds is 5. The molecule has 0 aliphatic heterocycles. The third-order valence-corrected chi connectivity index (χ3v) is 4.86. The molecule has 0 bridgehead atoms. The van der Waals surface area contributed by atoms with Crippen molar-refractivity contribution in [2.45, 2.75) is 39.2 Å². The molecule has 0 spiro atoms. The lowest BCUT2D eigenvalue weighted by molar-refractivity contribution is -0.384. The fourth-order valence-electron chi connectivity index (χ4n) is 3.08. The molecule has 1 aromatic rings. The summed E-state index contributed by atoms with van der Waals surface area (Å²) in [5.74, 6) is -0.350. The van der Waals surface area contributed by atoms with Crippen LogP contribution in [0, 0.1) is 22.0 Å². The summed E-state index contributed by atoms with van der Waals surface area (Å²) in [7, 11) is 0. The number of benzene rings is 1. The molecule has 3 atom stereocenters. The summed E-state index contributed by atoms with van der Waals surface area (Å²) in [6.07, 6.45) is 3.11. The number of nitrogens with one attached hydrogen (secondary N) is 1. The highest BCUT2D eigenvalue weighted by Gasteiger charge is 2.28. The van der Waals surface area contributed by atoms with E-state index < -0.39 is 17.5 Å². The first-order valence-corrected chi connectivity index (χ1v) is 8.30. The molecule has 25 heavy (non-hydrogen) atoms. The van der Waals surface area contributed by atoms with Crippen molar-refractivity contribution in [3.05, 3.63) is 33.9 Å². The van der Waals surface area contributed by atoms with Crippen molar-refractivity contribution in [3.63, 3.8) is 0 Å². The van der Waals surface area contributed by atoms with Gasteiger partial charge in [-0.15, -0.1) is 0 Å². The molecule has 1 fully saturated rings. The van der Waals surface area contributed by atoms with Gasteiger partial charge in [0, 0.05) is 23.9 Å². The van der Waals surface area contributed by atoms with Crippen molar-refractivity contribution in [1.29, 1.82) is 0 Å². The zero-order chi connectivity index (χ0) is 18.6. The van der Waals surface area contributed by atoms with Crippen LogP contribution in [-0.4, -0.2) is 29.4 Å². The van der Waals surface area contributed by atoms with E-state index in [-0.39, 0.29) is 28.9 Å². The number of non-ortho nitro benzene ring substituents is 1. The highest BCUT2D eigenvalue weighted by atomic mass is 16.6. The molecule has 3 N–H and O–H groups in total. The molecule has 0 aromatic heterocycles. The number of hydrogen-bond acceptors (Lipinski definition) is 6. The normalized spacial score (nSPS) is 22.9. The van der Waals surface area contributed by atoms with Crippen molar-refractivity contribution >= 4 is 23.3 Å². The topological polar surface area (TPSA) is 125 Å². The maximum atomic E-state index is 12.0. The van der Waals surface area contributed by atoms with E-state index in [0.29, 0.717) is 11.8 Å². The molecule has 1 aromatic carbocycles. The molecule has 1 aliphatic carbocycles. The fourth-order valence-corrected chi connectivity index (χ4v) is 3.08. The maximum absolute atomic E-state index is 12.0. The van der Waals surface area contributed by atoms with Gasteiger partial charge in [0.1, 0.15) is 0 Å². The summed E-state index contributed by atoms with van der Waals surface area (Å²) in [5.41, 5.74) is 5.33. The fraction of sp³-hybridized carbons (Fsp3) is 0.529. The lowest BCUT2D eigenvalue weighted by atomic mass is 9.78. The molecule has 1 saturated carbocycles. The van der Waals surface area contributed by atoms with E-state index in [1.54, 1.807) is 0 Å². The Morgan fingerprint density at radius 2 is 2.08 bits per heavy atom. The lowest BCUT2D eigenvalue weighted by Gasteiger charge is -2.34. The van der Waals surface area contributed by atoms with Crippen LogP contribution in [0.5, 0.6) is 0 Å². The predicted octanol–water partition coefficient (Wildman–Crippen LogP) is 2.27. The Morgan fingerprint density at radius 1 is 1.36 bits per heavy atom. The highest BCUT2D eigenvalue weighted by Crippen LogP contribution is 2.29. The van der Waals surface area contributed by atoms with E-state index in [2.05, 4.69) is 19.2 Å². The predicted molar refractivity (Wildman–Crippen MR) is 91.9 cm³/mol. The molecule has 0 radical (unpaired) electrons. The van der Waals surface area contributed by atoms with Crippen LogP contribution in [-0.2, 0) is 9.53 Å². The van der Waals surface area contributed by atoms with E-state index >= 15 is 0 Å². The van der Waals surface area contributed by atoms with Crippen LogP contribution in [0.4, 0.5) is 11.4 Å². The summed E-state index contributed by atoms with van der Waals surface area (Å²) in [6.45, 7) is 3.82. The Kier molecular flexibility index (Phi) is 5.95. The summed E-state index contributed by atoms with van der Waals surface area (Å²) >= 11 is 0. The molecule has 0 unspecified atom stereocenters. The van der Waals surface area contributed by atoms with E-state index in [0.717, 1.165) is 25.3 Å². The Labute approximate surface area is 145 Å². The first kappa shape index (κ1) is 18.7. The molecule has 2 rings (SSSR count). The van der Waals surface area contributed by atoms with Crippen molar-refractivity contribution in [1.82, 2.24) is 5.32 Å².